The summed E-state index contributed by atoms with van der Waals surface area (Å²) in [6, 6.07) is 7.37. The molecule has 0 radical (unpaired) electrons. The van der Waals surface area contributed by atoms with Gasteiger partial charge in [0.15, 0.2) is 10.8 Å². The Morgan fingerprint density at radius 1 is 1.47 bits per heavy atom. The van der Waals surface area contributed by atoms with Crippen LogP contribution in [0.2, 0.25) is 0 Å². The molecular formula is C12H8BrN3O2S. The van der Waals surface area contributed by atoms with Crippen LogP contribution in [0.5, 0.6) is 0 Å². The number of hydrogen-bond donors (Lipinski definition) is 1. The Bertz CT molecular complexity index is 765. The van der Waals surface area contributed by atoms with E-state index in [4.69, 9.17) is 4.52 Å². The van der Waals surface area contributed by atoms with Crippen LogP contribution in [0.3, 0.4) is 0 Å². The molecule has 0 bridgehead atoms. The molecule has 19 heavy (non-hydrogen) atoms. The molecule has 0 saturated carbocycles. The summed E-state index contributed by atoms with van der Waals surface area (Å²) in [7, 11) is 0. The second-order valence-electron chi connectivity index (χ2n) is 3.88. The predicted molar refractivity (Wildman–Crippen MR) is 76.5 cm³/mol. The summed E-state index contributed by atoms with van der Waals surface area (Å²) in [6.07, 6.45) is 0. The zero-order chi connectivity index (χ0) is 13.4. The number of hydrogen-bond acceptors (Lipinski definition) is 5. The number of carbonyl (C=O) groups excluding carboxylic acids is 1. The Labute approximate surface area is 120 Å². The number of carbonyl (C=O) groups is 1. The summed E-state index contributed by atoms with van der Waals surface area (Å²) in [5.41, 5.74) is 1.08. The van der Waals surface area contributed by atoms with Crippen LogP contribution in [-0.2, 0) is 0 Å². The Hall–Kier alpha value is -1.73. The molecule has 1 aromatic carbocycles. The van der Waals surface area contributed by atoms with Gasteiger partial charge < -0.3 is 4.52 Å². The second kappa shape index (κ2) is 4.75. The normalized spacial score (nSPS) is 10.8. The SMILES string of the molecule is Cc1cc(C(=O)Nc2nc3c(Br)cccc3s2)no1. The molecule has 96 valence electrons. The van der Waals surface area contributed by atoms with Gasteiger partial charge in [-0.3, -0.25) is 10.1 Å². The zero-order valence-electron chi connectivity index (χ0n) is 9.81. The lowest BCUT2D eigenvalue weighted by molar-refractivity contribution is 0.101. The third kappa shape index (κ3) is 2.39. The Morgan fingerprint density at radius 3 is 3.00 bits per heavy atom. The highest BCUT2D eigenvalue weighted by molar-refractivity contribution is 9.10. The lowest BCUT2D eigenvalue weighted by atomic mass is 10.3. The van der Waals surface area contributed by atoms with Crippen LogP contribution in [0.1, 0.15) is 16.2 Å². The molecule has 2 heterocycles. The lowest BCUT2D eigenvalue weighted by Crippen LogP contribution is -2.11. The second-order valence-corrected chi connectivity index (χ2v) is 5.77. The van der Waals surface area contributed by atoms with Crippen molar-refractivity contribution in [3.05, 3.63) is 40.2 Å². The molecule has 1 N–H and O–H groups in total. The van der Waals surface area contributed by atoms with E-state index in [0.29, 0.717) is 10.9 Å². The molecule has 5 nitrogen and oxygen atoms in total. The van der Waals surface area contributed by atoms with Gasteiger partial charge in [-0.15, -0.1) is 0 Å². The van der Waals surface area contributed by atoms with Gasteiger partial charge in [-0.2, -0.15) is 0 Å². The number of thiazole rings is 1. The van der Waals surface area contributed by atoms with E-state index in [-0.39, 0.29) is 11.6 Å². The van der Waals surface area contributed by atoms with Gasteiger partial charge in [0.2, 0.25) is 0 Å². The molecule has 3 rings (SSSR count). The van der Waals surface area contributed by atoms with Gasteiger partial charge in [-0.05, 0) is 35.0 Å². The summed E-state index contributed by atoms with van der Waals surface area (Å²) in [6.45, 7) is 1.73. The minimum absolute atomic E-state index is 0.246. The highest BCUT2D eigenvalue weighted by Gasteiger charge is 2.14. The number of fused-ring (bicyclic) bond motifs is 1. The Balaban J connectivity index is 1.89. The zero-order valence-corrected chi connectivity index (χ0v) is 12.2. The molecule has 0 aliphatic rings. The monoisotopic (exact) mass is 337 g/mol. The van der Waals surface area contributed by atoms with E-state index in [0.717, 1.165) is 14.7 Å². The molecule has 0 saturated heterocycles. The quantitative estimate of drug-likeness (QED) is 0.775. The Morgan fingerprint density at radius 2 is 2.32 bits per heavy atom. The van der Waals surface area contributed by atoms with E-state index < -0.39 is 0 Å². The minimum Gasteiger partial charge on any atom is -0.361 e. The van der Waals surface area contributed by atoms with Gasteiger partial charge >= 0.3 is 0 Å². The third-order valence-corrected chi connectivity index (χ3v) is 4.03. The largest absolute Gasteiger partial charge is 0.361 e. The van der Waals surface area contributed by atoms with Crippen molar-refractivity contribution in [3.8, 4) is 0 Å². The third-order valence-electron chi connectivity index (χ3n) is 2.45. The smallest absolute Gasteiger partial charge is 0.279 e. The maximum absolute atomic E-state index is 11.9. The molecule has 0 spiro atoms. The number of rotatable bonds is 2. The maximum atomic E-state index is 11.9. The van der Waals surface area contributed by atoms with Crippen molar-refractivity contribution in [1.29, 1.82) is 0 Å². The standard InChI is InChI=1S/C12H8BrN3O2S/c1-6-5-8(16-18-6)11(17)15-12-14-10-7(13)3-2-4-9(10)19-12/h2-5H,1H3,(H,14,15,17). The number of para-hydroxylation sites is 1. The van der Waals surface area contributed by atoms with Crippen LogP contribution in [0, 0.1) is 6.92 Å². The van der Waals surface area contributed by atoms with Crippen molar-refractivity contribution < 1.29 is 9.32 Å². The van der Waals surface area contributed by atoms with Crippen molar-refractivity contribution >= 4 is 48.5 Å². The van der Waals surface area contributed by atoms with Crippen molar-refractivity contribution in [2.24, 2.45) is 0 Å². The van der Waals surface area contributed by atoms with Crippen molar-refractivity contribution in [2.75, 3.05) is 5.32 Å². The molecule has 2 aromatic heterocycles. The number of anilines is 1. The number of nitrogens with zero attached hydrogens (tertiary/aromatic N) is 2. The van der Waals surface area contributed by atoms with Gasteiger partial charge in [0.25, 0.3) is 5.91 Å². The topological polar surface area (TPSA) is 68.0 Å². The van der Waals surface area contributed by atoms with Gasteiger partial charge in [0, 0.05) is 10.5 Å². The maximum Gasteiger partial charge on any atom is 0.279 e. The highest BCUT2D eigenvalue weighted by atomic mass is 79.9. The van der Waals surface area contributed by atoms with E-state index in [2.05, 4.69) is 31.4 Å². The number of aryl methyl sites for hydroxylation is 1. The van der Waals surface area contributed by atoms with Crippen LogP contribution in [0.15, 0.2) is 33.3 Å². The molecule has 3 aromatic rings. The fourth-order valence-corrected chi connectivity index (χ4v) is 3.08. The summed E-state index contributed by atoms with van der Waals surface area (Å²) < 4.78 is 6.77. The number of aromatic nitrogens is 2. The fraction of sp³-hybridized carbons (Fsp3) is 0.0833. The number of halogens is 1. The minimum atomic E-state index is -0.327. The van der Waals surface area contributed by atoms with Crippen LogP contribution in [-0.4, -0.2) is 16.0 Å². The first-order chi connectivity index (χ1) is 9.13. The van der Waals surface area contributed by atoms with Crippen molar-refractivity contribution in [1.82, 2.24) is 10.1 Å². The van der Waals surface area contributed by atoms with Gasteiger partial charge in [0.05, 0.1) is 10.2 Å². The van der Waals surface area contributed by atoms with E-state index in [1.807, 2.05) is 18.2 Å². The van der Waals surface area contributed by atoms with Gasteiger partial charge in [-0.1, -0.05) is 22.6 Å². The first kappa shape index (κ1) is 12.3. The summed E-state index contributed by atoms with van der Waals surface area (Å²) in [5.74, 6) is 0.268. The summed E-state index contributed by atoms with van der Waals surface area (Å²) >= 11 is 4.84. The van der Waals surface area contributed by atoms with Gasteiger partial charge in [0.1, 0.15) is 5.76 Å². The number of amides is 1. The highest BCUT2D eigenvalue weighted by Crippen LogP contribution is 2.30. The first-order valence-corrected chi connectivity index (χ1v) is 7.04. The molecule has 0 aliphatic carbocycles. The van der Waals surface area contributed by atoms with Crippen molar-refractivity contribution in [3.63, 3.8) is 0 Å². The molecule has 0 atom stereocenters. The first-order valence-electron chi connectivity index (χ1n) is 5.43. The predicted octanol–water partition coefficient (Wildman–Crippen LogP) is 3.61. The molecule has 1 amide bonds. The van der Waals surface area contributed by atoms with Crippen molar-refractivity contribution in [2.45, 2.75) is 6.92 Å². The van der Waals surface area contributed by atoms with Gasteiger partial charge in [-0.25, -0.2) is 4.98 Å². The molecular weight excluding hydrogens is 330 g/mol. The number of benzene rings is 1. The van der Waals surface area contributed by atoms with Crippen LogP contribution in [0.25, 0.3) is 10.2 Å². The summed E-state index contributed by atoms with van der Waals surface area (Å²) in [5, 5.41) is 6.91. The average Bonchev–Trinajstić information content (AvgIpc) is 2.96. The molecule has 0 unspecified atom stereocenters. The van der Waals surface area contributed by atoms with E-state index in [1.54, 1.807) is 13.0 Å². The summed E-state index contributed by atoms with van der Waals surface area (Å²) in [4.78, 5) is 16.3. The van der Waals surface area contributed by atoms with E-state index >= 15 is 0 Å². The lowest BCUT2D eigenvalue weighted by Gasteiger charge is -1.95. The fourth-order valence-electron chi connectivity index (χ4n) is 1.60. The van der Waals surface area contributed by atoms with Crippen LogP contribution in [0.4, 0.5) is 5.13 Å². The number of nitrogens with one attached hydrogen (secondary N) is 1. The van der Waals surface area contributed by atoms with Crippen LogP contribution >= 0.6 is 27.3 Å². The van der Waals surface area contributed by atoms with Crippen LogP contribution < -0.4 is 5.32 Å². The van der Waals surface area contributed by atoms with E-state index in [1.165, 1.54) is 11.3 Å². The molecule has 0 fully saturated rings. The molecule has 7 heteroatoms. The average molecular weight is 338 g/mol. The Kier molecular flexibility index (Phi) is 3.08. The molecule has 0 aliphatic heterocycles. The van der Waals surface area contributed by atoms with E-state index in [9.17, 15) is 4.79 Å².